The second-order valence-corrected chi connectivity index (χ2v) is 8.77. The lowest BCUT2D eigenvalue weighted by molar-refractivity contribution is -0.132. The van der Waals surface area contributed by atoms with E-state index in [9.17, 15) is 9.59 Å². The number of thioether (sulfide) groups is 1. The van der Waals surface area contributed by atoms with E-state index in [1.807, 2.05) is 34.7 Å². The van der Waals surface area contributed by atoms with E-state index in [-0.39, 0.29) is 17.2 Å². The lowest BCUT2D eigenvalue weighted by Gasteiger charge is -2.35. The van der Waals surface area contributed by atoms with Crippen LogP contribution >= 0.6 is 11.8 Å². The molecule has 0 aliphatic carbocycles. The number of aryl methyl sites for hydroxylation is 1. The summed E-state index contributed by atoms with van der Waals surface area (Å²) in [5, 5.41) is 1.43. The van der Waals surface area contributed by atoms with Crippen LogP contribution < -0.4 is 10.3 Å². The third kappa shape index (κ3) is 3.47. The standard InChI is InChI=1S/C22H28N4O3S/c1-5-14-8-6-7-11-26(14)18(27)13-30-22-23-19-16-12-15(29-4)9-10-17(16)24(2)20(19)21(28)25(22)3/h9-10,12,14H,5-8,11,13H2,1-4H3. The molecule has 1 fully saturated rings. The van der Waals surface area contributed by atoms with Crippen LogP contribution in [0, 0.1) is 0 Å². The van der Waals surface area contributed by atoms with E-state index in [0.717, 1.165) is 42.5 Å². The lowest BCUT2D eigenvalue weighted by atomic mass is 10.0. The van der Waals surface area contributed by atoms with Gasteiger partial charge in [-0.2, -0.15) is 0 Å². The van der Waals surface area contributed by atoms with Crippen molar-refractivity contribution in [3.63, 3.8) is 0 Å². The zero-order valence-corrected chi connectivity index (χ0v) is 18.8. The first-order valence-corrected chi connectivity index (χ1v) is 11.4. The van der Waals surface area contributed by atoms with Gasteiger partial charge in [-0.3, -0.25) is 14.2 Å². The van der Waals surface area contributed by atoms with E-state index in [4.69, 9.17) is 9.72 Å². The summed E-state index contributed by atoms with van der Waals surface area (Å²) in [6.07, 6.45) is 4.31. The van der Waals surface area contributed by atoms with E-state index in [1.165, 1.54) is 18.2 Å². The molecule has 0 spiro atoms. The second-order valence-electron chi connectivity index (χ2n) is 7.83. The zero-order chi connectivity index (χ0) is 21.4. The van der Waals surface area contributed by atoms with Crippen LogP contribution in [-0.4, -0.2) is 50.4 Å². The highest BCUT2D eigenvalue weighted by Gasteiger charge is 2.26. The second kappa shape index (κ2) is 8.34. The molecule has 0 radical (unpaired) electrons. The maximum absolute atomic E-state index is 13.1. The Bertz CT molecular complexity index is 1170. The molecule has 1 unspecified atom stereocenters. The van der Waals surface area contributed by atoms with Gasteiger partial charge in [0.1, 0.15) is 16.8 Å². The Kier molecular flexibility index (Phi) is 5.77. The number of methoxy groups -OCH3 is 1. The molecule has 30 heavy (non-hydrogen) atoms. The summed E-state index contributed by atoms with van der Waals surface area (Å²) in [5.74, 6) is 1.13. The van der Waals surface area contributed by atoms with Gasteiger partial charge in [0, 0.05) is 32.1 Å². The Morgan fingerprint density at radius 2 is 2.07 bits per heavy atom. The van der Waals surface area contributed by atoms with Crippen LogP contribution in [0.3, 0.4) is 0 Å². The molecule has 1 aliphatic heterocycles. The molecule has 8 heteroatoms. The smallest absolute Gasteiger partial charge is 0.278 e. The van der Waals surface area contributed by atoms with Gasteiger partial charge in [-0.05, 0) is 43.9 Å². The van der Waals surface area contributed by atoms with Crippen molar-refractivity contribution in [1.29, 1.82) is 0 Å². The van der Waals surface area contributed by atoms with Crippen molar-refractivity contribution in [2.45, 2.75) is 43.8 Å². The SMILES string of the molecule is CCC1CCCCN1C(=O)CSc1nc2c3cc(OC)ccc3n(C)c2c(=O)n1C. The molecule has 2 aromatic heterocycles. The molecule has 3 heterocycles. The number of piperidine rings is 1. The molecule has 1 aromatic carbocycles. The van der Waals surface area contributed by atoms with Crippen LogP contribution in [0.15, 0.2) is 28.2 Å². The Hall–Kier alpha value is -2.48. The molecule has 0 bridgehead atoms. The number of carbonyl (C=O) groups excluding carboxylic acids is 1. The number of ether oxygens (including phenoxy) is 1. The highest BCUT2D eigenvalue weighted by atomic mass is 32.2. The number of nitrogens with zero attached hydrogens (tertiary/aromatic N) is 4. The third-order valence-corrected chi connectivity index (χ3v) is 7.14. The average Bonchev–Trinajstić information content (AvgIpc) is 3.06. The molecule has 1 aliphatic rings. The highest BCUT2D eigenvalue weighted by molar-refractivity contribution is 7.99. The maximum atomic E-state index is 13.1. The zero-order valence-electron chi connectivity index (χ0n) is 18.0. The van der Waals surface area contributed by atoms with Crippen LogP contribution in [0.25, 0.3) is 21.9 Å². The molecule has 1 atom stereocenters. The van der Waals surface area contributed by atoms with Gasteiger partial charge in [0.2, 0.25) is 5.91 Å². The van der Waals surface area contributed by atoms with Crippen molar-refractivity contribution >= 4 is 39.6 Å². The fraction of sp³-hybridized carbons (Fsp3) is 0.500. The van der Waals surface area contributed by atoms with Gasteiger partial charge in [-0.1, -0.05) is 18.7 Å². The van der Waals surface area contributed by atoms with Crippen LogP contribution in [-0.2, 0) is 18.9 Å². The van der Waals surface area contributed by atoms with Crippen molar-refractivity contribution in [2.24, 2.45) is 14.1 Å². The van der Waals surface area contributed by atoms with Gasteiger partial charge < -0.3 is 14.2 Å². The minimum atomic E-state index is -0.114. The van der Waals surface area contributed by atoms with Crippen molar-refractivity contribution in [1.82, 2.24) is 19.0 Å². The third-order valence-electron chi connectivity index (χ3n) is 6.12. The van der Waals surface area contributed by atoms with E-state index in [2.05, 4.69) is 6.92 Å². The average molecular weight is 429 g/mol. The quantitative estimate of drug-likeness (QED) is 0.461. The number of hydrogen-bond acceptors (Lipinski definition) is 5. The Labute approximate surface area is 180 Å². The summed E-state index contributed by atoms with van der Waals surface area (Å²) in [6.45, 7) is 2.96. The number of aromatic nitrogens is 3. The molecule has 0 saturated carbocycles. The fourth-order valence-electron chi connectivity index (χ4n) is 4.40. The maximum Gasteiger partial charge on any atom is 0.278 e. The van der Waals surface area contributed by atoms with Crippen molar-refractivity contribution < 1.29 is 9.53 Å². The number of hydrogen-bond donors (Lipinski definition) is 0. The minimum Gasteiger partial charge on any atom is -0.497 e. The molecule has 1 amide bonds. The molecule has 7 nitrogen and oxygen atoms in total. The first kappa shape index (κ1) is 20.8. The van der Waals surface area contributed by atoms with Crippen molar-refractivity contribution in [3.05, 3.63) is 28.6 Å². The van der Waals surface area contributed by atoms with Gasteiger partial charge in [0.05, 0.1) is 18.4 Å². The number of likely N-dealkylation sites (tertiary alicyclic amines) is 1. The van der Waals surface area contributed by atoms with Crippen molar-refractivity contribution in [2.75, 3.05) is 19.4 Å². The Morgan fingerprint density at radius 1 is 1.27 bits per heavy atom. The molecular weight excluding hydrogens is 400 g/mol. The monoisotopic (exact) mass is 428 g/mol. The van der Waals surface area contributed by atoms with Gasteiger partial charge in [-0.15, -0.1) is 0 Å². The van der Waals surface area contributed by atoms with E-state index >= 15 is 0 Å². The van der Waals surface area contributed by atoms with Gasteiger partial charge in [-0.25, -0.2) is 4.98 Å². The number of carbonyl (C=O) groups is 1. The summed E-state index contributed by atoms with van der Waals surface area (Å²) < 4.78 is 8.77. The molecule has 0 N–H and O–H groups in total. The number of amides is 1. The number of rotatable bonds is 5. The summed E-state index contributed by atoms with van der Waals surface area (Å²) in [5.41, 5.74) is 2.01. The van der Waals surface area contributed by atoms with E-state index in [0.29, 0.717) is 22.2 Å². The molecule has 1 saturated heterocycles. The summed E-state index contributed by atoms with van der Waals surface area (Å²) in [7, 11) is 5.21. The summed E-state index contributed by atoms with van der Waals surface area (Å²) in [4.78, 5) is 32.8. The van der Waals surface area contributed by atoms with Crippen LogP contribution in [0.1, 0.15) is 32.6 Å². The normalized spacial score (nSPS) is 17.1. The first-order valence-electron chi connectivity index (χ1n) is 10.4. The summed E-state index contributed by atoms with van der Waals surface area (Å²) >= 11 is 1.34. The molecular formula is C22H28N4O3S. The predicted octanol–water partition coefficient (Wildman–Crippen LogP) is 3.32. The van der Waals surface area contributed by atoms with Crippen molar-refractivity contribution in [3.8, 4) is 5.75 Å². The Balaban J connectivity index is 1.69. The highest BCUT2D eigenvalue weighted by Crippen LogP contribution is 2.30. The predicted molar refractivity (Wildman–Crippen MR) is 120 cm³/mol. The van der Waals surface area contributed by atoms with Gasteiger partial charge in [0.25, 0.3) is 5.56 Å². The fourth-order valence-corrected chi connectivity index (χ4v) is 5.25. The number of benzene rings is 1. The van der Waals surface area contributed by atoms with E-state index in [1.54, 1.807) is 18.7 Å². The number of fused-ring (bicyclic) bond motifs is 3. The largest absolute Gasteiger partial charge is 0.497 e. The molecule has 4 rings (SSSR count). The molecule has 160 valence electrons. The minimum absolute atomic E-state index is 0.114. The van der Waals surface area contributed by atoms with Gasteiger partial charge in [0.15, 0.2) is 5.16 Å². The van der Waals surface area contributed by atoms with Crippen LogP contribution in [0.2, 0.25) is 0 Å². The lowest BCUT2D eigenvalue weighted by Crippen LogP contribution is -2.44. The topological polar surface area (TPSA) is 69.4 Å². The Morgan fingerprint density at radius 3 is 2.80 bits per heavy atom. The van der Waals surface area contributed by atoms with Crippen LogP contribution in [0.5, 0.6) is 5.75 Å². The van der Waals surface area contributed by atoms with E-state index < -0.39 is 0 Å². The van der Waals surface area contributed by atoms with Crippen LogP contribution in [0.4, 0.5) is 0 Å². The first-order chi connectivity index (χ1) is 14.5. The van der Waals surface area contributed by atoms with Gasteiger partial charge >= 0.3 is 0 Å². The molecule has 3 aromatic rings. The summed E-state index contributed by atoms with van der Waals surface area (Å²) in [6, 6.07) is 6.05.